The van der Waals surface area contributed by atoms with Crippen molar-refractivity contribution in [3.05, 3.63) is 87.9 Å². The van der Waals surface area contributed by atoms with Gasteiger partial charge in [0.2, 0.25) is 0 Å². The number of ether oxygens (including phenoxy) is 2. The highest BCUT2D eigenvalue weighted by atomic mass is 79.9. The summed E-state index contributed by atoms with van der Waals surface area (Å²) in [4.78, 5) is 0. The van der Waals surface area contributed by atoms with Crippen molar-refractivity contribution in [2.75, 3.05) is 18.5 Å². The minimum Gasteiger partial charge on any atom is -0.490 e. The summed E-state index contributed by atoms with van der Waals surface area (Å²) in [6.45, 7) is 7.25. The number of halogens is 1. The first kappa shape index (κ1) is 24.7. The van der Waals surface area contributed by atoms with Crippen molar-refractivity contribution in [1.29, 1.82) is 0 Å². The highest BCUT2D eigenvalue weighted by Crippen LogP contribution is 2.27. The molecule has 3 rings (SSSR count). The average Bonchev–Trinajstić information content (AvgIpc) is 2.78. The van der Waals surface area contributed by atoms with Crippen LogP contribution in [0, 0.1) is 6.92 Å². The van der Waals surface area contributed by atoms with Gasteiger partial charge in [0.05, 0.1) is 6.21 Å². The molecular formula is C26H28BrN3O2S. The lowest BCUT2D eigenvalue weighted by molar-refractivity contribution is 0.215. The molecule has 2 N–H and O–H groups in total. The van der Waals surface area contributed by atoms with E-state index in [9.17, 15) is 0 Å². The smallest absolute Gasteiger partial charge is 0.191 e. The molecule has 0 radical (unpaired) electrons. The fourth-order valence-electron chi connectivity index (χ4n) is 3.14. The molecule has 7 heteroatoms. The summed E-state index contributed by atoms with van der Waals surface area (Å²) < 4.78 is 12.9. The number of benzene rings is 3. The molecule has 0 aromatic heterocycles. The van der Waals surface area contributed by atoms with Crippen LogP contribution in [0.1, 0.15) is 36.5 Å². The number of nitrogens with zero attached hydrogens (tertiary/aromatic N) is 1. The summed E-state index contributed by atoms with van der Waals surface area (Å²) in [7, 11) is 0. The number of rotatable bonds is 9. The highest BCUT2D eigenvalue weighted by Gasteiger charge is 2.09. The molecule has 3 aromatic rings. The summed E-state index contributed by atoms with van der Waals surface area (Å²) in [5, 5.41) is 7.73. The van der Waals surface area contributed by atoms with Crippen LogP contribution in [-0.4, -0.2) is 24.5 Å². The number of aryl methyl sites for hydroxylation is 1. The quantitative estimate of drug-likeness (QED) is 0.141. The zero-order chi connectivity index (χ0) is 23.6. The summed E-state index contributed by atoms with van der Waals surface area (Å²) in [5.74, 6) is 2.02. The molecule has 5 nitrogen and oxygen atoms in total. The van der Waals surface area contributed by atoms with E-state index in [1.54, 1.807) is 6.21 Å². The maximum atomic E-state index is 6.03. The van der Waals surface area contributed by atoms with E-state index in [-0.39, 0.29) is 0 Å². The Bertz CT molecular complexity index is 1100. The van der Waals surface area contributed by atoms with Gasteiger partial charge in [-0.05, 0) is 72.6 Å². The number of anilines is 1. The number of hydrogen-bond donors (Lipinski definition) is 2. The predicted molar refractivity (Wildman–Crippen MR) is 144 cm³/mol. The third kappa shape index (κ3) is 7.87. The molecule has 0 aliphatic heterocycles. The Labute approximate surface area is 209 Å². The summed E-state index contributed by atoms with van der Waals surface area (Å²) >= 11 is 8.79. The van der Waals surface area contributed by atoms with E-state index in [0.29, 0.717) is 30.0 Å². The number of para-hydroxylation sites is 1. The van der Waals surface area contributed by atoms with Crippen LogP contribution in [0.15, 0.2) is 76.3 Å². The fraction of sp³-hybridized carbons (Fsp3) is 0.231. The minimum atomic E-state index is 0.394. The second-order valence-corrected chi connectivity index (χ2v) is 9.09. The van der Waals surface area contributed by atoms with E-state index in [4.69, 9.17) is 21.7 Å². The average molecular weight is 527 g/mol. The second-order valence-electron chi connectivity index (χ2n) is 7.77. The highest BCUT2D eigenvalue weighted by molar-refractivity contribution is 9.10. The molecule has 0 aliphatic carbocycles. The van der Waals surface area contributed by atoms with Crippen molar-refractivity contribution in [3.63, 3.8) is 0 Å². The molecule has 0 unspecified atom stereocenters. The van der Waals surface area contributed by atoms with E-state index in [1.807, 2.05) is 48.5 Å². The first-order valence-corrected chi connectivity index (χ1v) is 11.9. The van der Waals surface area contributed by atoms with Gasteiger partial charge in [-0.2, -0.15) is 5.10 Å². The molecule has 0 heterocycles. The summed E-state index contributed by atoms with van der Waals surface area (Å²) in [5.41, 5.74) is 6.92. The van der Waals surface area contributed by atoms with Gasteiger partial charge >= 0.3 is 0 Å². The number of thiocarbonyl (C=S) groups is 1. The van der Waals surface area contributed by atoms with Crippen LogP contribution in [0.2, 0.25) is 0 Å². The van der Waals surface area contributed by atoms with E-state index < -0.39 is 0 Å². The van der Waals surface area contributed by atoms with Crippen LogP contribution < -0.4 is 20.2 Å². The van der Waals surface area contributed by atoms with Gasteiger partial charge in [-0.1, -0.05) is 60.1 Å². The lowest BCUT2D eigenvalue weighted by Crippen LogP contribution is -2.23. The zero-order valence-corrected chi connectivity index (χ0v) is 21.4. The van der Waals surface area contributed by atoms with Crippen LogP contribution in [0.4, 0.5) is 5.69 Å². The van der Waals surface area contributed by atoms with Crippen LogP contribution in [0.5, 0.6) is 11.5 Å². The monoisotopic (exact) mass is 525 g/mol. The molecular weight excluding hydrogens is 498 g/mol. The van der Waals surface area contributed by atoms with Crippen molar-refractivity contribution in [2.24, 2.45) is 5.10 Å². The van der Waals surface area contributed by atoms with Crippen LogP contribution in [0.25, 0.3) is 0 Å². The third-order valence-electron chi connectivity index (χ3n) is 4.76. The van der Waals surface area contributed by atoms with E-state index >= 15 is 0 Å². The molecule has 0 bridgehead atoms. The standard InChI is InChI=1S/C26H28BrN3O2S/c1-18(2)23-11-9-19(3)15-25(23)32-14-13-31-24-12-10-21(27)16-20(24)17-28-30-26(33)29-22-7-5-4-6-8-22/h4-12,15-18H,13-14H2,1-3H3,(H2,29,30,33). The van der Waals surface area contributed by atoms with Crippen molar-refractivity contribution in [1.82, 2.24) is 5.43 Å². The number of nitrogens with one attached hydrogen (secondary N) is 2. The Balaban J connectivity index is 1.56. The maximum Gasteiger partial charge on any atom is 0.191 e. The van der Waals surface area contributed by atoms with Gasteiger partial charge in [0.15, 0.2) is 5.11 Å². The molecule has 0 aliphatic rings. The Morgan fingerprint density at radius 2 is 1.73 bits per heavy atom. The molecule has 0 spiro atoms. The van der Waals surface area contributed by atoms with Crippen LogP contribution in [-0.2, 0) is 0 Å². The molecule has 33 heavy (non-hydrogen) atoms. The normalized spacial score (nSPS) is 10.9. The molecule has 172 valence electrons. The Kier molecular flexibility index (Phi) is 9.27. The predicted octanol–water partition coefficient (Wildman–Crippen LogP) is 6.66. The SMILES string of the molecule is Cc1ccc(C(C)C)c(OCCOc2ccc(Br)cc2C=NNC(=S)Nc2ccccc2)c1. The topological polar surface area (TPSA) is 54.9 Å². The van der Waals surface area contributed by atoms with Crippen molar-refractivity contribution >= 4 is 45.2 Å². The number of hydrazone groups is 1. The summed E-state index contributed by atoms with van der Waals surface area (Å²) in [6.07, 6.45) is 1.68. The minimum absolute atomic E-state index is 0.394. The Morgan fingerprint density at radius 1 is 1.00 bits per heavy atom. The first-order valence-electron chi connectivity index (χ1n) is 10.7. The van der Waals surface area contributed by atoms with Gasteiger partial charge in [0, 0.05) is 15.7 Å². The fourth-order valence-corrected chi connectivity index (χ4v) is 3.69. The number of hydrogen-bond acceptors (Lipinski definition) is 4. The molecule has 0 atom stereocenters. The van der Waals surface area contributed by atoms with Gasteiger partial charge in [-0.3, -0.25) is 5.43 Å². The van der Waals surface area contributed by atoms with Gasteiger partial charge in [-0.15, -0.1) is 0 Å². The maximum absolute atomic E-state index is 6.03. The second kappa shape index (κ2) is 12.4. The molecule has 0 fully saturated rings. The van der Waals surface area contributed by atoms with Gasteiger partial charge in [0.25, 0.3) is 0 Å². The first-order chi connectivity index (χ1) is 15.9. The van der Waals surface area contributed by atoms with Crippen molar-refractivity contribution in [3.8, 4) is 11.5 Å². The third-order valence-corrected chi connectivity index (χ3v) is 5.45. The molecule has 3 aromatic carbocycles. The molecule has 0 amide bonds. The summed E-state index contributed by atoms with van der Waals surface area (Å²) in [6, 6.07) is 21.8. The van der Waals surface area contributed by atoms with Crippen LogP contribution in [0.3, 0.4) is 0 Å². The van der Waals surface area contributed by atoms with E-state index in [2.05, 4.69) is 70.7 Å². The molecule has 0 saturated carbocycles. The Hall–Kier alpha value is -2.90. The van der Waals surface area contributed by atoms with Gasteiger partial charge in [0.1, 0.15) is 24.7 Å². The zero-order valence-electron chi connectivity index (χ0n) is 19.0. The van der Waals surface area contributed by atoms with E-state index in [0.717, 1.165) is 21.5 Å². The Morgan fingerprint density at radius 3 is 2.45 bits per heavy atom. The lowest BCUT2D eigenvalue weighted by atomic mass is 10.0. The van der Waals surface area contributed by atoms with Gasteiger partial charge < -0.3 is 14.8 Å². The largest absolute Gasteiger partial charge is 0.490 e. The van der Waals surface area contributed by atoms with E-state index in [1.165, 1.54) is 11.1 Å². The van der Waals surface area contributed by atoms with Gasteiger partial charge in [-0.25, -0.2) is 0 Å². The lowest BCUT2D eigenvalue weighted by Gasteiger charge is -2.15. The van der Waals surface area contributed by atoms with Crippen molar-refractivity contribution in [2.45, 2.75) is 26.7 Å². The van der Waals surface area contributed by atoms with Crippen LogP contribution >= 0.6 is 28.1 Å². The van der Waals surface area contributed by atoms with Crippen molar-refractivity contribution < 1.29 is 9.47 Å². The molecule has 0 saturated heterocycles.